The van der Waals surface area contributed by atoms with E-state index in [0.717, 1.165) is 0 Å². The maximum atomic E-state index is 12.2. The molecule has 134 valence electrons. The molecule has 0 unspecified atom stereocenters. The van der Waals surface area contributed by atoms with Crippen LogP contribution in [0.25, 0.3) is 0 Å². The summed E-state index contributed by atoms with van der Waals surface area (Å²) in [6, 6.07) is 3.14. The fraction of sp³-hybridized carbons (Fsp3) is 0.500. The third-order valence-corrected chi connectivity index (χ3v) is 3.18. The van der Waals surface area contributed by atoms with Gasteiger partial charge < -0.3 is 24.8 Å². The summed E-state index contributed by atoms with van der Waals surface area (Å²) in [6.07, 6.45) is -0.541. The van der Waals surface area contributed by atoms with Crippen LogP contribution >= 0.6 is 11.6 Å². The van der Waals surface area contributed by atoms with Gasteiger partial charge in [-0.1, -0.05) is 11.6 Å². The van der Waals surface area contributed by atoms with E-state index in [2.05, 4.69) is 10.6 Å². The predicted octanol–water partition coefficient (Wildman–Crippen LogP) is 2.61. The highest BCUT2D eigenvalue weighted by atomic mass is 35.5. The molecule has 0 fully saturated rings. The summed E-state index contributed by atoms with van der Waals surface area (Å²) in [6.45, 7) is 5.77. The second kappa shape index (κ2) is 8.63. The first-order chi connectivity index (χ1) is 11.2. The molecule has 0 saturated heterocycles. The Morgan fingerprint density at radius 1 is 1.08 bits per heavy atom. The lowest BCUT2D eigenvalue weighted by molar-refractivity contribution is 0.0526. The van der Waals surface area contributed by atoms with E-state index in [-0.39, 0.29) is 29.6 Å². The van der Waals surface area contributed by atoms with E-state index in [4.69, 9.17) is 25.8 Å². The second-order valence-electron chi connectivity index (χ2n) is 5.85. The molecule has 0 bridgehead atoms. The van der Waals surface area contributed by atoms with Crippen LogP contribution in [0.4, 0.5) is 4.79 Å². The van der Waals surface area contributed by atoms with Crippen LogP contribution in [0.3, 0.4) is 0 Å². The molecule has 0 heterocycles. The lowest BCUT2D eigenvalue weighted by Crippen LogP contribution is -2.37. The maximum absolute atomic E-state index is 12.2. The first-order valence-electron chi connectivity index (χ1n) is 7.35. The van der Waals surface area contributed by atoms with Crippen molar-refractivity contribution in [3.63, 3.8) is 0 Å². The molecule has 0 atom stereocenters. The monoisotopic (exact) mass is 358 g/mol. The molecular weight excluding hydrogens is 336 g/mol. The first-order valence-corrected chi connectivity index (χ1v) is 7.73. The summed E-state index contributed by atoms with van der Waals surface area (Å²) in [7, 11) is 2.92. The third kappa shape index (κ3) is 5.81. The molecule has 1 rings (SSSR count). The summed E-state index contributed by atoms with van der Waals surface area (Å²) in [5.74, 6) is 0.344. The van der Waals surface area contributed by atoms with E-state index in [9.17, 15) is 9.59 Å². The van der Waals surface area contributed by atoms with E-state index >= 15 is 0 Å². The number of rotatable bonds is 6. The maximum Gasteiger partial charge on any atom is 0.407 e. The number of methoxy groups -OCH3 is 2. The van der Waals surface area contributed by atoms with E-state index in [1.807, 2.05) is 0 Å². The molecular formula is C16H23ClN2O5. The van der Waals surface area contributed by atoms with Crippen LogP contribution in [0.1, 0.15) is 31.1 Å². The lowest BCUT2D eigenvalue weighted by Gasteiger charge is -2.19. The van der Waals surface area contributed by atoms with E-state index in [0.29, 0.717) is 11.5 Å². The highest BCUT2D eigenvalue weighted by Crippen LogP contribution is 2.37. The van der Waals surface area contributed by atoms with E-state index in [1.54, 1.807) is 32.9 Å². The van der Waals surface area contributed by atoms with Gasteiger partial charge in [-0.25, -0.2) is 4.79 Å². The molecule has 0 aliphatic carbocycles. The number of nitrogens with one attached hydrogen (secondary N) is 2. The van der Waals surface area contributed by atoms with Gasteiger partial charge in [-0.2, -0.15) is 0 Å². The zero-order valence-electron chi connectivity index (χ0n) is 14.5. The van der Waals surface area contributed by atoms with Gasteiger partial charge in [0.15, 0.2) is 11.5 Å². The number of carbonyl (C=O) groups excluding carboxylic acids is 2. The minimum absolute atomic E-state index is 0.162. The number of halogens is 1. The van der Waals surface area contributed by atoms with Crippen LogP contribution in [-0.4, -0.2) is 44.9 Å². The lowest BCUT2D eigenvalue weighted by atomic mass is 10.2. The SMILES string of the molecule is COc1ccc(C(=O)NCCNC(=O)OC(C)(C)C)c(Cl)c1OC. The number of alkyl carbamates (subject to hydrolysis) is 1. The molecule has 0 radical (unpaired) electrons. The van der Waals surface area contributed by atoms with E-state index in [1.165, 1.54) is 14.2 Å². The van der Waals surface area contributed by atoms with Crippen LogP contribution in [-0.2, 0) is 4.74 Å². The molecule has 0 aromatic heterocycles. The third-order valence-electron chi connectivity index (χ3n) is 2.81. The van der Waals surface area contributed by atoms with Crippen molar-refractivity contribution in [1.82, 2.24) is 10.6 Å². The summed E-state index contributed by atoms with van der Waals surface area (Å²) in [5.41, 5.74) is -0.313. The molecule has 8 heteroatoms. The van der Waals surface area contributed by atoms with Gasteiger partial charge in [0.05, 0.1) is 24.8 Å². The molecule has 0 spiro atoms. The Morgan fingerprint density at radius 2 is 1.71 bits per heavy atom. The van der Waals surface area contributed by atoms with Crippen molar-refractivity contribution in [1.29, 1.82) is 0 Å². The Bertz CT molecular complexity index is 599. The molecule has 0 saturated carbocycles. The number of hydrogen-bond donors (Lipinski definition) is 2. The average Bonchev–Trinajstić information content (AvgIpc) is 2.49. The van der Waals surface area contributed by atoms with Gasteiger partial charge in [-0.05, 0) is 32.9 Å². The Balaban J connectivity index is 2.56. The Morgan fingerprint density at radius 3 is 2.25 bits per heavy atom. The second-order valence-corrected chi connectivity index (χ2v) is 6.23. The van der Waals surface area contributed by atoms with Crippen molar-refractivity contribution >= 4 is 23.6 Å². The highest BCUT2D eigenvalue weighted by Gasteiger charge is 2.18. The van der Waals surface area contributed by atoms with Gasteiger partial charge >= 0.3 is 6.09 Å². The average molecular weight is 359 g/mol. The van der Waals surface area contributed by atoms with Crippen molar-refractivity contribution in [3.05, 3.63) is 22.7 Å². The van der Waals surface area contributed by atoms with Crippen molar-refractivity contribution in [2.75, 3.05) is 27.3 Å². The minimum atomic E-state index is -0.569. The molecule has 0 aliphatic heterocycles. The highest BCUT2D eigenvalue weighted by molar-refractivity contribution is 6.35. The van der Waals surface area contributed by atoms with Crippen LogP contribution < -0.4 is 20.1 Å². The summed E-state index contributed by atoms with van der Waals surface area (Å²) >= 11 is 6.17. The van der Waals surface area contributed by atoms with Gasteiger partial charge in [-0.3, -0.25) is 4.79 Å². The van der Waals surface area contributed by atoms with Crippen LogP contribution in [0.15, 0.2) is 12.1 Å². The Hall–Kier alpha value is -2.15. The predicted molar refractivity (Wildman–Crippen MR) is 91.1 cm³/mol. The molecule has 2 N–H and O–H groups in total. The Kier molecular flexibility index (Phi) is 7.16. The molecule has 1 aromatic carbocycles. The van der Waals surface area contributed by atoms with E-state index < -0.39 is 11.7 Å². The summed E-state index contributed by atoms with van der Waals surface area (Å²) in [5, 5.41) is 5.37. The normalized spacial score (nSPS) is 10.8. The van der Waals surface area contributed by atoms with Gasteiger partial charge in [0.2, 0.25) is 0 Å². The van der Waals surface area contributed by atoms with Crippen molar-refractivity contribution in [3.8, 4) is 11.5 Å². The number of amides is 2. The minimum Gasteiger partial charge on any atom is -0.493 e. The summed E-state index contributed by atoms with van der Waals surface area (Å²) < 4.78 is 15.4. The van der Waals surface area contributed by atoms with Gasteiger partial charge in [0, 0.05) is 13.1 Å². The number of carbonyl (C=O) groups is 2. The topological polar surface area (TPSA) is 85.9 Å². The van der Waals surface area contributed by atoms with Crippen molar-refractivity contribution in [2.24, 2.45) is 0 Å². The number of benzene rings is 1. The molecule has 1 aromatic rings. The fourth-order valence-corrected chi connectivity index (χ4v) is 2.13. The smallest absolute Gasteiger partial charge is 0.407 e. The zero-order chi connectivity index (χ0) is 18.3. The zero-order valence-corrected chi connectivity index (χ0v) is 15.2. The van der Waals surface area contributed by atoms with Crippen molar-refractivity contribution < 1.29 is 23.8 Å². The molecule has 24 heavy (non-hydrogen) atoms. The molecule has 2 amide bonds. The van der Waals surface area contributed by atoms with Crippen LogP contribution in [0.5, 0.6) is 11.5 Å². The molecule has 0 aliphatic rings. The Labute approximate surface area is 146 Å². The fourth-order valence-electron chi connectivity index (χ4n) is 1.81. The standard InChI is InChI=1S/C16H23ClN2O5/c1-16(2,3)24-15(21)19-9-8-18-14(20)10-6-7-11(22-4)13(23-5)12(10)17/h6-7H,8-9H2,1-5H3,(H,18,20)(H,19,21). The van der Waals surface area contributed by atoms with Gasteiger partial charge in [-0.15, -0.1) is 0 Å². The first kappa shape index (κ1) is 19.9. The van der Waals surface area contributed by atoms with Gasteiger partial charge in [0.1, 0.15) is 5.60 Å². The summed E-state index contributed by atoms with van der Waals surface area (Å²) in [4.78, 5) is 23.7. The molecule has 7 nitrogen and oxygen atoms in total. The van der Waals surface area contributed by atoms with Gasteiger partial charge in [0.25, 0.3) is 5.91 Å². The number of ether oxygens (including phenoxy) is 3. The van der Waals surface area contributed by atoms with Crippen molar-refractivity contribution in [2.45, 2.75) is 26.4 Å². The quantitative estimate of drug-likeness (QED) is 0.763. The number of hydrogen-bond acceptors (Lipinski definition) is 5. The van der Waals surface area contributed by atoms with Crippen LogP contribution in [0.2, 0.25) is 5.02 Å². The van der Waals surface area contributed by atoms with Crippen LogP contribution in [0, 0.1) is 0 Å². The largest absolute Gasteiger partial charge is 0.493 e.